The molecule has 1 heterocycles. The normalized spacial score (nSPS) is 12.6. The van der Waals surface area contributed by atoms with E-state index in [2.05, 4.69) is 30.9 Å². The van der Waals surface area contributed by atoms with Crippen molar-refractivity contribution in [2.24, 2.45) is 10.1 Å². The van der Waals surface area contributed by atoms with Gasteiger partial charge in [0.05, 0.1) is 24.5 Å². The highest BCUT2D eigenvalue weighted by molar-refractivity contribution is 7.04. The molecule has 0 fully saturated rings. The minimum absolute atomic E-state index is 0.148. The first-order chi connectivity index (χ1) is 11.8. The lowest BCUT2D eigenvalue weighted by molar-refractivity contribution is 0.0996. The zero-order valence-corrected chi connectivity index (χ0v) is 16.3. The van der Waals surface area contributed by atoms with E-state index in [0.717, 1.165) is 0 Å². The number of hydrogen-bond acceptors (Lipinski definition) is 5. The number of hydrogen-bond donors (Lipinski definition) is 0. The Labute approximate surface area is 155 Å². The van der Waals surface area contributed by atoms with Crippen LogP contribution in [0.2, 0.25) is 5.02 Å². The van der Waals surface area contributed by atoms with Gasteiger partial charge in [0.2, 0.25) is 0 Å². The highest BCUT2D eigenvalue weighted by atomic mass is 35.5. The summed E-state index contributed by atoms with van der Waals surface area (Å²) in [5.74, 6) is -0.0140. The summed E-state index contributed by atoms with van der Waals surface area (Å²) in [6.07, 6.45) is 3.41. The van der Waals surface area contributed by atoms with Crippen molar-refractivity contribution in [1.29, 1.82) is 0 Å². The molecule has 8 heteroatoms. The maximum atomic E-state index is 12.6. The van der Waals surface area contributed by atoms with Gasteiger partial charge in [-0.1, -0.05) is 16.8 Å². The van der Waals surface area contributed by atoms with E-state index < -0.39 is 5.91 Å². The van der Waals surface area contributed by atoms with Gasteiger partial charge in [0.15, 0.2) is 0 Å². The fourth-order valence-corrected chi connectivity index (χ4v) is 3.10. The van der Waals surface area contributed by atoms with Crippen LogP contribution in [0.5, 0.6) is 5.75 Å². The van der Waals surface area contributed by atoms with Crippen molar-refractivity contribution in [3.05, 3.63) is 45.2 Å². The lowest BCUT2D eigenvalue weighted by Crippen LogP contribution is -2.18. The number of amides is 1. The molecule has 0 unspecified atom stereocenters. The Bertz CT molecular complexity index is 863. The smallest absolute Gasteiger partial charge is 0.282 e. The van der Waals surface area contributed by atoms with Crippen LogP contribution < -0.4 is 9.41 Å². The molecule has 0 saturated heterocycles. The van der Waals surface area contributed by atoms with Crippen LogP contribution in [0.1, 0.15) is 36.7 Å². The van der Waals surface area contributed by atoms with Gasteiger partial charge in [-0.05, 0) is 50.5 Å². The standard InChI is InChI=1S/C17H20ClN3O3S/c1-17(2,3)21-10-11(9-19-24-5)16(25-21)20-15(22)13-8-12(18)6-7-14(13)23-4/h6-10H,1-5H3/b19-9+,20-16-. The molecule has 1 amide bonds. The third-order valence-electron chi connectivity index (χ3n) is 3.24. The zero-order chi connectivity index (χ0) is 18.6. The number of aromatic nitrogens is 1. The van der Waals surface area contributed by atoms with Gasteiger partial charge in [-0.2, -0.15) is 4.99 Å². The second-order valence-corrected chi connectivity index (χ2v) is 7.56. The van der Waals surface area contributed by atoms with Crippen LogP contribution in [-0.4, -0.2) is 30.3 Å². The van der Waals surface area contributed by atoms with E-state index in [1.54, 1.807) is 18.2 Å². The number of nitrogens with zero attached hydrogens (tertiary/aromatic N) is 3. The first kappa shape index (κ1) is 19.2. The number of carbonyl (C=O) groups excluding carboxylic acids is 1. The molecule has 0 bridgehead atoms. The topological polar surface area (TPSA) is 65.2 Å². The summed E-state index contributed by atoms with van der Waals surface area (Å²) < 4.78 is 7.76. The Morgan fingerprint density at radius 1 is 1.32 bits per heavy atom. The SMILES string of the molecule is CO/N=C/c1cn(C(C)(C)C)s/c1=N\C(=O)c1cc(Cl)ccc1OC. The van der Waals surface area contributed by atoms with Crippen molar-refractivity contribution >= 4 is 35.3 Å². The highest BCUT2D eigenvalue weighted by Crippen LogP contribution is 2.23. The Hall–Kier alpha value is -2.12. The quantitative estimate of drug-likeness (QED) is 0.599. The third kappa shape index (κ3) is 4.70. The number of methoxy groups -OCH3 is 1. The van der Waals surface area contributed by atoms with Crippen LogP contribution in [0, 0.1) is 0 Å². The predicted molar refractivity (Wildman–Crippen MR) is 99.8 cm³/mol. The van der Waals surface area contributed by atoms with E-state index in [-0.39, 0.29) is 5.54 Å². The van der Waals surface area contributed by atoms with Crippen molar-refractivity contribution in [3.63, 3.8) is 0 Å². The molecular formula is C17H20ClN3O3S. The largest absolute Gasteiger partial charge is 0.496 e. The lowest BCUT2D eigenvalue weighted by Gasteiger charge is -2.19. The summed E-state index contributed by atoms with van der Waals surface area (Å²) in [6, 6.07) is 4.84. The van der Waals surface area contributed by atoms with Crippen molar-refractivity contribution in [2.75, 3.05) is 14.2 Å². The minimum atomic E-state index is -0.436. The van der Waals surface area contributed by atoms with Crippen LogP contribution in [0.25, 0.3) is 0 Å². The number of oxime groups is 1. The molecule has 25 heavy (non-hydrogen) atoms. The van der Waals surface area contributed by atoms with Gasteiger partial charge in [0.25, 0.3) is 5.91 Å². The molecule has 2 aromatic rings. The Morgan fingerprint density at radius 2 is 2.04 bits per heavy atom. The molecule has 6 nitrogen and oxygen atoms in total. The molecule has 0 N–H and O–H groups in total. The van der Waals surface area contributed by atoms with Gasteiger partial charge in [-0.15, -0.1) is 0 Å². The monoisotopic (exact) mass is 381 g/mol. The average molecular weight is 382 g/mol. The Balaban J connectivity index is 2.56. The molecule has 0 aliphatic rings. The third-order valence-corrected chi connectivity index (χ3v) is 4.83. The Kier molecular flexibility index (Phi) is 6.02. The van der Waals surface area contributed by atoms with E-state index in [0.29, 0.717) is 26.6 Å². The van der Waals surface area contributed by atoms with Gasteiger partial charge in [-0.3, -0.25) is 8.75 Å². The molecule has 0 radical (unpaired) electrons. The van der Waals surface area contributed by atoms with Gasteiger partial charge >= 0.3 is 0 Å². The molecule has 2 rings (SSSR count). The molecule has 0 spiro atoms. The van der Waals surface area contributed by atoms with E-state index in [4.69, 9.17) is 21.2 Å². The molecule has 134 valence electrons. The van der Waals surface area contributed by atoms with Crippen molar-refractivity contribution < 1.29 is 14.4 Å². The number of benzene rings is 1. The van der Waals surface area contributed by atoms with Gasteiger partial charge in [0, 0.05) is 16.8 Å². The predicted octanol–water partition coefficient (Wildman–Crippen LogP) is 3.69. The maximum absolute atomic E-state index is 12.6. The number of carbonyl (C=O) groups is 1. The maximum Gasteiger partial charge on any atom is 0.282 e. The van der Waals surface area contributed by atoms with Crippen LogP contribution >= 0.6 is 23.1 Å². The first-order valence-electron chi connectivity index (χ1n) is 7.49. The summed E-state index contributed by atoms with van der Waals surface area (Å²) in [6.45, 7) is 6.19. The van der Waals surface area contributed by atoms with Crippen molar-refractivity contribution in [3.8, 4) is 5.75 Å². The van der Waals surface area contributed by atoms with Gasteiger partial charge in [0.1, 0.15) is 17.5 Å². The molecule has 1 aromatic carbocycles. The summed E-state index contributed by atoms with van der Waals surface area (Å²) in [7, 11) is 2.95. The zero-order valence-electron chi connectivity index (χ0n) is 14.7. The van der Waals surface area contributed by atoms with E-state index >= 15 is 0 Å². The number of rotatable bonds is 4. The average Bonchev–Trinajstić information content (AvgIpc) is 2.95. The minimum Gasteiger partial charge on any atom is -0.496 e. The second kappa shape index (κ2) is 7.84. The van der Waals surface area contributed by atoms with Crippen LogP contribution in [0.3, 0.4) is 0 Å². The second-order valence-electron chi connectivity index (χ2n) is 6.16. The molecule has 0 aliphatic heterocycles. The van der Waals surface area contributed by atoms with Crippen LogP contribution in [0.15, 0.2) is 34.5 Å². The first-order valence-corrected chi connectivity index (χ1v) is 8.64. The summed E-state index contributed by atoms with van der Waals surface area (Å²) in [5.41, 5.74) is 0.849. The molecule has 0 aliphatic carbocycles. The number of halogens is 1. The molecule has 0 atom stereocenters. The molecule has 0 saturated carbocycles. The van der Waals surface area contributed by atoms with Crippen LogP contribution in [0.4, 0.5) is 0 Å². The summed E-state index contributed by atoms with van der Waals surface area (Å²) >= 11 is 7.36. The highest BCUT2D eigenvalue weighted by Gasteiger charge is 2.17. The van der Waals surface area contributed by atoms with Gasteiger partial charge in [-0.25, -0.2) is 0 Å². The summed E-state index contributed by atoms with van der Waals surface area (Å²) in [5, 5.41) is 4.22. The fraction of sp³-hybridized carbons (Fsp3) is 0.353. The van der Waals surface area contributed by atoms with Crippen molar-refractivity contribution in [2.45, 2.75) is 26.3 Å². The van der Waals surface area contributed by atoms with Gasteiger partial charge < -0.3 is 9.57 Å². The molecule has 1 aromatic heterocycles. The van der Waals surface area contributed by atoms with E-state index in [1.165, 1.54) is 32.0 Å². The van der Waals surface area contributed by atoms with E-state index in [9.17, 15) is 4.79 Å². The lowest BCUT2D eigenvalue weighted by atomic mass is 10.1. The fourth-order valence-electron chi connectivity index (χ4n) is 1.97. The number of ether oxygens (including phenoxy) is 1. The van der Waals surface area contributed by atoms with E-state index in [1.807, 2.05) is 10.2 Å². The van der Waals surface area contributed by atoms with Crippen molar-refractivity contribution in [1.82, 2.24) is 3.96 Å². The molecular weight excluding hydrogens is 362 g/mol. The Morgan fingerprint density at radius 3 is 2.64 bits per heavy atom. The van der Waals surface area contributed by atoms with Crippen LogP contribution in [-0.2, 0) is 10.4 Å². The summed E-state index contributed by atoms with van der Waals surface area (Å²) in [4.78, 5) is 21.6.